The Bertz CT molecular complexity index is 2020. The number of nitrogens with one attached hydrogen (secondary N) is 11. The van der Waals surface area contributed by atoms with Gasteiger partial charge in [-0.2, -0.15) is 0 Å². The van der Waals surface area contributed by atoms with Gasteiger partial charge >= 0.3 is 0 Å². The number of amides is 11. The van der Waals surface area contributed by atoms with Crippen molar-refractivity contribution in [3.05, 3.63) is 0 Å². The van der Waals surface area contributed by atoms with Gasteiger partial charge in [-0.05, 0) is 111 Å². The Kier molecular flexibility index (Phi) is 34.6. The van der Waals surface area contributed by atoms with E-state index in [0.717, 1.165) is 25.7 Å². The fourth-order valence-electron chi connectivity index (χ4n) is 8.34. The lowest BCUT2D eigenvalue weighted by atomic mass is 10.0. The monoisotopic (exact) mass is 1140 g/mol. The summed E-state index contributed by atoms with van der Waals surface area (Å²) in [6, 6.07) is -15.4. The van der Waals surface area contributed by atoms with E-state index in [4.69, 9.17) is 28.7 Å². The SMILES string of the molecule is CCCCCCCC(=O)N[C@@H](CCN)C(=O)N[C@H](C(=O)NC(CCN)C(=O)N[C@H]1CCNC(=O)[C@H]([C@@H](C)O)NC(=O)[C@H](CCN)NC(=O)[C@H](CCN)NC(=O)[C@H]([C@@H](C)O)NC(=O)[C@@H](CC(C)C)NC(=O)[C@H](CCN)NC1=O)[C@@H](C)O. The molecule has 1 unspecified atom stereocenters. The van der Waals surface area contributed by atoms with Crippen molar-refractivity contribution in [2.75, 3.05) is 39.3 Å². The molecule has 13 atom stereocenters. The molecule has 1 rings (SSSR count). The summed E-state index contributed by atoms with van der Waals surface area (Å²) in [4.78, 5) is 152. The molecule has 30 heteroatoms. The Morgan fingerprint density at radius 1 is 0.525 bits per heavy atom. The Morgan fingerprint density at radius 3 is 1.45 bits per heavy atom. The molecule has 0 radical (unpaired) electrons. The van der Waals surface area contributed by atoms with Crippen LogP contribution in [-0.4, -0.2) is 198 Å². The number of hydrogen-bond donors (Lipinski definition) is 19. The van der Waals surface area contributed by atoms with Crippen LogP contribution in [0.25, 0.3) is 0 Å². The van der Waals surface area contributed by atoms with Gasteiger partial charge in [-0.3, -0.25) is 52.7 Å². The first-order valence-corrected chi connectivity index (χ1v) is 27.7. The molecule has 0 saturated carbocycles. The molecule has 1 aliphatic rings. The van der Waals surface area contributed by atoms with E-state index in [1.54, 1.807) is 13.8 Å². The van der Waals surface area contributed by atoms with Gasteiger partial charge in [0.1, 0.15) is 60.4 Å². The van der Waals surface area contributed by atoms with E-state index in [9.17, 15) is 68.1 Å². The average Bonchev–Trinajstić information content (AvgIpc) is 3.38. The smallest absolute Gasteiger partial charge is 0.245 e. The minimum atomic E-state index is -1.73. The highest BCUT2D eigenvalue weighted by Crippen LogP contribution is 2.11. The van der Waals surface area contributed by atoms with E-state index in [1.807, 2.05) is 0 Å². The van der Waals surface area contributed by atoms with Crippen molar-refractivity contribution in [3.63, 3.8) is 0 Å². The highest BCUT2D eigenvalue weighted by molar-refractivity contribution is 5.99. The predicted octanol–water partition coefficient (Wildman–Crippen LogP) is -7.35. The number of aliphatic hydroxyl groups excluding tert-OH is 3. The minimum absolute atomic E-state index is 0.0185. The topological polar surface area (TPSA) is 511 Å². The summed E-state index contributed by atoms with van der Waals surface area (Å²) in [5, 5.41) is 59.3. The van der Waals surface area contributed by atoms with Crippen molar-refractivity contribution in [3.8, 4) is 0 Å². The van der Waals surface area contributed by atoms with Crippen LogP contribution < -0.4 is 87.2 Å². The first-order valence-electron chi connectivity index (χ1n) is 27.7. The van der Waals surface area contributed by atoms with Gasteiger partial charge in [-0.25, -0.2) is 0 Å². The van der Waals surface area contributed by atoms with Crippen LogP contribution in [0.15, 0.2) is 0 Å². The quantitative estimate of drug-likeness (QED) is 0.0324. The van der Waals surface area contributed by atoms with Crippen LogP contribution in [0.5, 0.6) is 0 Å². The lowest BCUT2D eigenvalue weighted by Gasteiger charge is -2.29. The number of rotatable bonds is 28. The maximum absolute atomic E-state index is 14.4. The van der Waals surface area contributed by atoms with E-state index in [2.05, 4.69) is 65.4 Å². The molecule has 1 aliphatic heterocycles. The van der Waals surface area contributed by atoms with Crippen LogP contribution in [0.3, 0.4) is 0 Å². The minimum Gasteiger partial charge on any atom is -0.391 e. The van der Waals surface area contributed by atoms with Crippen LogP contribution in [0.2, 0.25) is 0 Å². The third kappa shape index (κ3) is 26.0. The molecule has 0 aromatic carbocycles. The van der Waals surface area contributed by atoms with Crippen LogP contribution in [0.1, 0.15) is 125 Å². The molecular weight excluding hydrogens is 1050 g/mol. The fraction of sp³-hybridized carbons (Fsp3) is 0.780. The number of nitrogens with two attached hydrogens (primary N) is 5. The zero-order valence-electron chi connectivity index (χ0n) is 47.2. The number of carbonyl (C=O) groups is 11. The Labute approximate surface area is 468 Å². The van der Waals surface area contributed by atoms with E-state index in [-0.39, 0.29) is 83.6 Å². The largest absolute Gasteiger partial charge is 0.391 e. The van der Waals surface area contributed by atoms with Crippen LogP contribution >= 0.6 is 0 Å². The molecular formula is C50H94N16O14. The van der Waals surface area contributed by atoms with Crippen molar-refractivity contribution in [1.29, 1.82) is 0 Å². The Hall–Kier alpha value is -6.15. The molecule has 0 spiro atoms. The molecule has 0 bridgehead atoms. The lowest BCUT2D eigenvalue weighted by Crippen LogP contribution is -2.62. The van der Waals surface area contributed by atoms with Crippen molar-refractivity contribution >= 4 is 65.0 Å². The van der Waals surface area contributed by atoms with Gasteiger partial charge in [0.25, 0.3) is 0 Å². The summed E-state index contributed by atoms with van der Waals surface area (Å²) in [6.45, 7) is 7.79. The first kappa shape index (κ1) is 71.9. The second-order valence-corrected chi connectivity index (χ2v) is 20.4. The van der Waals surface area contributed by atoms with E-state index in [0.29, 0.717) is 6.42 Å². The van der Waals surface area contributed by atoms with Crippen molar-refractivity contribution in [2.24, 2.45) is 34.6 Å². The van der Waals surface area contributed by atoms with Crippen molar-refractivity contribution < 1.29 is 68.1 Å². The molecule has 80 heavy (non-hydrogen) atoms. The van der Waals surface area contributed by atoms with Gasteiger partial charge in [0.2, 0.25) is 65.0 Å². The molecule has 24 N–H and O–H groups in total. The molecule has 11 amide bonds. The average molecular weight is 1140 g/mol. The normalized spacial score (nSPS) is 23.6. The number of hydrogen-bond acceptors (Lipinski definition) is 19. The van der Waals surface area contributed by atoms with E-state index >= 15 is 0 Å². The maximum atomic E-state index is 14.4. The van der Waals surface area contributed by atoms with E-state index < -0.39 is 157 Å². The standard InChI is InChI=1S/C50H94N16O14/c1-7-8-9-10-11-12-37(70)57-30(13-19-51)45(75)65-39(28(5)68)49(79)62-33(16-22-54)42(72)60-35-18-24-56-48(78)38(27(4)67)64-46(76)34(17-23-55)59-41(71)32(15-21-53)61-50(80)40(29(6)69)66-47(77)36(25-26(2)3)63-43(73)31(14-20-52)58-44(35)74/h26-36,38-40,67-69H,7-25,51-55H2,1-6H3,(H,56,78)(H,57,70)(H,58,74)(H,59,71)(H,60,72)(H,61,80)(H,62,79)(H,63,73)(H,64,76)(H,65,75)(H,66,77)/t27-,28-,29-,30+,31+,32+,33?,34+,35+,36-,38+,39+,40+/m1/s1. The summed E-state index contributed by atoms with van der Waals surface area (Å²) in [6.07, 6.45) is -1.70. The van der Waals surface area contributed by atoms with Crippen LogP contribution in [0.4, 0.5) is 0 Å². The number of unbranched alkanes of at least 4 members (excludes halogenated alkanes) is 4. The van der Waals surface area contributed by atoms with Gasteiger partial charge in [0.15, 0.2) is 0 Å². The van der Waals surface area contributed by atoms with Gasteiger partial charge in [0.05, 0.1) is 18.3 Å². The van der Waals surface area contributed by atoms with Crippen LogP contribution in [0, 0.1) is 5.92 Å². The maximum Gasteiger partial charge on any atom is 0.245 e. The third-order valence-electron chi connectivity index (χ3n) is 12.9. The third-order valence-corrected chi connectivity index (χ3v) is 12.9. The second kappa shape index (κ2) is 38.5. The molecule has 1 saturated heterocycles. The molecule has 458 valence electrons. The van der Waals surface area contributed by atoms with E-state index in [1.165, 1.54) is 20.8 Å². The molecule has 0 aliphatic carbocycles. The van der Waals surface area contributed by atoms with Gasteiger partial charge < -0.3 is 102 Å². The summed E-state index contributed by atoms with van der Waals surface area (Å²) >= 11 is 0. The molecule has 0 aromatic heterocycles. The summed E-state index contributed by atoms with van der Waals surface area (Å²) in [7, 11) is 0. The Morgan fingerprint density at radius 2 is 0.975 bits per heavy atom. The van der Waals surface area contributed by atoms with Crippen molar-refractivity contribution in [1.82, 2.24) is 58.5 Å². The second-order valence-electron chi connectivity index (χ2n) is 20.4. The molecule has 0 aromatic rings. The van der Waals surface area contributed by atoms with Gasteiger partial charge in [-0.1, -0.05) is 46.5 Å². The van der Waals surface area contributed by atoms with Crippen LogP contribution in [-0.2, 0) is 52.7 Å². The van der Waals surface area contributed by atoms with Gasteiger partial charge in [0, 0.05) is 13.0 Å². The summed E-state index contributed by atoms with van der Waals surface area (Å²) < 4.78 is 0. The fourth-order valence-corrected chi connectivity index (χ4v) is 8.34. The zero-order valence-corrected chi connectivity index (χ0v) is 47.2. The summed E-state index contributed by atoms with van der Waals surface area (Å²) in [5.74, 6) is -10.6. The first-order chi connectivity index (χ1) is 37.8. The van der Waals surface area contributed by atoms with Gasteiger partial charge in [-0.15, -0.1) is 0 Å². The molecule has 1 heterocycles. The zero-order chi connectivity index (χ0) is 60.6. The Balaban J connectivity index is 3.80. The molecule has 30 nitrogen and oxygen atoms in total. The number of carbonyl (C=O) groups excluding carboxylic acids is 11. The molecule has 1 fully saturated rings. The van der Waals surface area contributed by atoms with Crippen molar-refractivity contribution in [2.45, 2.75) is 204 Å². The highest BCUT2D eigenvalue weighted by atomic mass is 16.3. The lowest BCUT2D eigenvalue weighted by molar-refractivity contribution is -0.137. The predicted molar refractivity (Wildman–Crippen MR) is 293 cm³/mol. The summed E-state index contributed by atoms with van der Waals surface area (Å²) in [5.41, 5.74) is 29.0. The highest BCUT2D eigenvalue weighted by Gasteiger charge is 2.38. The number of aliphatic hydroxyl groups is 3.